The van der Waals surface area contributed by atoms with Crippen LogP contribution in [0.25, 0.3) is 21.6 Å². The molecule has 0 saturated carbocycles. The highest BCUT2D eigenvalue weighted by Gasteiger charge is 2.11. The van der Waals surface area contributed by atoms with E-state index in [1.165, 1.54) is 12.1 Å². The van der Waals surface area contributed by atoms with Crippen molar-refractivity contribution in [1.82, 2.24) is 9.97 Å². The summed E-state index contributed by atoms with van der Waals surface area (Å²) in [4.78, 5) is 10.1. The first-order chi connectivity index (χ1) is 11.3. The fourth-order valence-electron chi connectivity index (χ4n) is 2.26. The Balaban J connectivity index is 1.84. The van der Waals surface area contributed by atoms with Gasteiger partial charge in [-0.2, -0.15) is 4.98 Å². The van der Waals surface area contributed by atoms with E-state index in [0.717, 1.165) is 15.8 Å². The fraction of sp³-hybridized carbons (Fsp3) is 0. The number of nitrogens with zero attached hydrogens (tertiary/aromatic N) is 2. The van der Waals surface area contributed by atoms with Gasteiger partial charge in [0.1, 0.15) is 11.6 Å². The van der Waals surface area contributed by atoms with Crippen molar-refractivity contribution in [3.63, 3.8) is 0 Å². The molecule has 112 valence electrons. The molecule has 5 heteroatoms. The van der Waals surface area contributed by atoms with Crippen LogP contribution in [0.2, 0.25) is 0 Å². The lowest BCUT2D eigenvalue weighted by atomic mass is 10.2. The van der Waals surface area contributed by atoms with E-state index in [2.05, 4.69) is 9.97 Å². The van der Waals surface area contributed by atoms with E-state index < -0.39 is 0 Å². The second-order valence-corrected chi connectivity index (χ2v) is 5.85. The predicted molar refractivity (Wildman–Crippen MR) is 89.3 cm³/mol. The van der Waals surface area contributed by atoms with E-state index in [1.807, 2.05) is 41.8 Å². The molecule has 0 radical (unpaired) electrons. The van der Waals surface area contributed by atoms with Gasteiger partial charge in [0.15, 0.2) is 5.82 Å². The minimum absolute atomic E-state index is 0.302. The van der Waals surface area contributed by atoms with Crippen LogP contribution in [-0.2, 0) is 0 Å². The van der Waals surface area contributed by atoms with Crippen LogP contribution >= 0.6 is 11.3 Å². The van der Waals surface area contributed by atoms with Crippen LogP contribution in [0.1, 0.15) is 0 Å². The molecular formula is C18H11FN2OS. The van der Waals surface area contributed by atoms with Gasteiger partial charge in [0.05, 0.1) is 15.8 Å². The Morgan fingerprint density at radius 1 is 0.870 bits per heavy atom. The average Bonchev–Trinajstić information content (AvgIpc) is 3.11. The zero-order valence-corrected chi connectivity index (χ0v) is 12.8. The maximum Gasteiger partial charge on any atom is 0.230 e. The van der Waals surface area contributed by atoms with E-state index in [1.54, 1.807) is 23.5 Å². The number of para-hydroxylation sites is 1. The number of halogens is 1. The molecule has 0 aliphatic heterocycles. The zero-order valence-electron chi connectivity index (χ0n) is 11.9. The molecule has 0 aliphatic rings. The van der Waals surface area contributed by atoms with E-state index in [0.29, 0.717) is 17.5 Å². The first kappa shape index (κ1) is 13.8. The first-order valence-electron chi connectivity index (χ1n) is 7.04. The van der Waals surface area contributed by atoms with Crippen molar-refractivity contribution in [3.05, 3.63) is 71.9 Å². The highest BCUT2D eigenvalue weighted by Crippen LogP contribution is 2.31. The molecular weight excluding hydrogens is 311 g/mol. The van der Waals surface area contributed by atoms with Gasteiger partial charge in [-0.15, -0.1) is 11.3 Å². The van der Waals surface area contributed by atoms with Gasteiger partial charge < -0.3 is 4.74 Å². The molecule has 0 aliphatic carbocycles. The van der Waals surface area contributed by atoms with E-state index in [9.17, 15) is 4.39 Å². The van der Waals surface area contributed by atoms with Crippen molar-refractivity contribution in [1.29, 1.82) is 0 Å². The van der Waals surface area contributed by atoms with Gasteiger partial charge in [-0.1, -0.05) is 18.2 Å². The summed E-state index contributed by atoms with van der Waals surface area (Å²) < 4.78 is 18.9. The van der Waals surface area contributed by atoms with Crippen LogP contribution in [0.4, 0.5) is 4.39 Å². The van der Waals surface area contributed by atoms with Crippen LogP contribution in [0, 0.1) is 5.82 Å². The number of thiophene rings is 1. The molecule has 2 aromatic carbocycles. The third kappa shape index (κ3) is 2.78. The quantitative estimate of drug-likeness (QED) is 0.514. The first-order valence-corrected chi connectivity index (χ1v) is 7.92. The summed E-state index contributed by atoms with van der Waals surface area (Å²) in [7, 11) is 0. The molecule has 23 heavy (non-hydrogen) atoms. The van der Waals surface area contributed by atoms with E-state index in [-0.39, 0.29) is 5.82 Å². The van der Waals surface area contributed by atoms with E-state index in [4.69, 9.17) is 4.74 Å². The number of aromatic nitrogens is 2. The van der Waals surface area contributed by atoms with Crippen molar-refractivity contribution in [2.45, 2.75) is 0 Å². The summed E-state index contributed by atoms with van der Waals surface area (Å²) >= 11 is 1.57. The number of benzene rings is 2. The molecule has 0 saturated heterocycles. The standard InChI is InChI=1S/C18H11FN2OS/c19-12-7-9-13(10-8-12)22-18-14-4-1-2-5-15(14)20-17(21-18)16-6-3-11-23-16/h1-11H. The smallest absolute Gasteiger partial charge is 0.230 e. The summed E-state index contributed by atoms with van der Waals surface area (Å²) in [5.74, 6) is 1.32. The highest BCUT2D eigenvalue weighted by atomic mass is 32.1. The fourth-order valence-corrected chi connectivity index (χ4v) is 2.91. The molecule has 0 atom stereocenters. The van der Waals surface area contributed by atoms with Crippen molar-refractivity contribution >= 4 is 22.2 Å². The van der Waals surface area contributed by atoms with Crippen molar-refractivity contribution in [3.8, 4) is 22.3 Å². The lowest BCUT2D eigenvalue weighted by Gasteiger charge is -2.09. The largest absolute Gasteiger partial charge is 0.438 e. The molecule has 0 N–H and O–H groups in total. The summed E-state index contributed by atoms with van der Waals surface area (Å²) in [6.45, 7) is 0. The molecule has 0 amide bonds. The van der Waals surface area contributed by atoms with Crippen LogP contribution in [0.3, 0.4) is 0 Å². The van der Waals surface area contributed by atoms with Crippen LogP contribution in [0.15, 0.2) is 66.0 Å². The predicted octanol–water partition coefficient (Wildman–Crippen LogP) is 5.29. The Kier molecular flexibility index (Phi) is 3.48. The van der Waals surface area contributed by atoms with Gasteiger partial charge in [-0.25, -0.2) is 9.37 Å². The van der Waals surface area contributed by atoms with Crippen LogP contribution < -0.4 is 4.74 Å². The number of rotatable bonds is 3. The molecule has 0 fully saturated rings. The second-order valence-electron chi connectivity index (χ2n) is 4.90. The van der Waals surface area contributed by atoms with Crippen molar-refractivity contribution in [2.24, 2.45) is 0 Å². The summed E-state index contributed by atoms with van der Waals surface area (Å²) in [6.07, 6.45) is 0. The molecule has 3 nitrogen and oxygen atoms in total. The number of hydrogen-bond donors (Lipinski definition) is 0. The SMILES string of the molecule is Fc1ccc(Oc2nc(-c3cccs3)nc3ccccc23)cc1. The Bertz CT molecular complexity index is 953. The Morgan fingerprint density at radius 2 is 1.70 bits per heavy atom. The second kappa shape index (κ2) is 5.78. The summed E-state index contributed by atoms with van der Waals surface area (Å²) in [5, 5.41) is 2.80. The molecule has 0 bridgehead atoms. The number of ether oxygens (including phenoxy) is 1. The molecule has 4 rings (SSSR count). The van der Waals surface area contributed by atoms with Gasteiger partial charge >= 0.3 is 0 Å². The maximum atomic E-state index is 13.0. The molecule has 4 aromatic rings. The van der Waals surface area contributed by atoms with Crippen LogP contribution in [0.5, 0.6) is 11.6 Å². The monoisotopic (exact) mass is 322 g/mol. The van der Waals surface area contributed by atoms with E-state index >= 15 is 0 Å². The Hall–Kier alpha value is -2.79. The highest BCUT2D eigenvalue weighted by molar-refractivity contribution is 7.13. The van der Waals surface area contributed by atoms with Gasteiger partial charge in [-0.05, 0) is 47.8 Å². The average molecular weight is 322 g/mol. The van der Waals surface area contributed by atoms with Gasteiger partial charge in [-0.3, -0.25) is 0 Å². The zero-order chi connectivity index (χ0) is 15.6. The number of hydrogen-bond acceptors (Lipinski definition) is 4. The minimum Gasteiger partial charge on any atom is -0.438 e. The topological polar surface area (TPSA) is 35.0 Å². The van der Waals surface area contributed by atoms with Crippen molar-refractivity contribution < 1.29 is 9.13 Å². The lowest BCUT2D eigenvalue weighted by Crippen LogP contribution is -1.95. The van der Waals surface area contributed by atoms with Gasteiger partial charge in [0.2, 0.25) is 5.88 Å². The molecule has 0 unspecified atom stereocenters. The minimum atomic E-state index is -0.302. The Morgan fingerprint density at radius 3 is 2.48 bits per heavy atom. The van der Waals surface area contributed by atoms with Crippen molar-refractivity contribution in [2.75, 3.05) is 0 Å². The third-order valence-corrected chi connectivity index (χ3v) is 4.20. The lowest BCUT2D eigenvalue weighted by molar-refractivity contribution is 0.467. The van der Waals surface area contributed by atoms with Crippen LogP contribution in [-0.4, -0.2) is 9.97 Å². The molecule has 2 aromatic heterocycles. The molecule has 2 heterocycles. The molecule has 0 spiro atoms. The van der Waals surface area contributed by atoms with Gasteiger partial charge in [0.25, 0.3) is 0 Å². The normalized spacial score (nSPS) is 10.8. The maximum absolute atomic E-state index is 13.0. The summed E-state index contributed by atoms with van der Waals surface area (Å²) in [6, 6.07) is 17.5. The number of fused-ring (bicyclic) bond motifs is 1. The van der Waals surface area contributed by atoms with Gasteiger partial charge in [0, 0.05) is 0 Å². The third-order valence-electron chi connectivity index (χ3n) is 3.34. The Labute approximate surface area is 136 Å². The summed E-state index contributed by atoms with van der Waals surface area (Å²) in [5.41, 5.74) is 0.808.